The lowest BCUT2D eigenvalue weighted by atomic mass is 10.3. The first-order valence-electron chi connectivity index (χ1n) is 2.98. The van der Waals surface area contributed by atoms with Crippen molar-refractivity contribution >= 4 is 45.2 Å². The fourth-order valence-electron chi connectivity index (χ4n) is 0.679. The maximum atomic E-state index is 12.9. The lowest BCUT2D eigenvalue weighted by molar-refractivity contribution is 0.191. The second-order valence-corrected chi connectivity index (χ2v) is 4.20. The summed E-state index contributed by atoms with van der Waals surface area (Å²) in [7, 11) is 0. The Kier molecular flexibility index (Phi) is 3.94. The molecule has 0 unspecified atom stereocenters. The molecule has 0 bridgehead atoms. The maximum Gasteiger partial charge on any atom is 0.228 e. The lowest BCUT2D eigenvalue weighted by Crippen LogP contribution is -1.94. The van der Waals surface area contributed by atoms with Gasteiger partial charge in [0.25, 0.3) is 0 Å². The third-order valence-electron chi connectivity index (χ3n) is 1.18. The Balaban J connectivity index is 3.04. The highest BCUT2D eigenvalue weighted by Gasteiger charge is 2.06. The van der Waals surface area contributed by atoms with Gasteiger partial charge in [-0.15, -0.1) is 0 Å². The van der Waals surface area contributed by atoms with Crippen LogP contribution >= 0.6 is 45.2 Å². The summed E-state index contributed by atoms with van der Waals surface area (Å²) in [6.45, 7) is -0.934. The average Bonchev–Trinajstić information content (AvgIpc) is 2.01. The van der Waals surface area contributed by atoms with E-state index in [1.54, 1.807) is 6.07 Å². The normalized spacial score (nSPS) is 10.0. The van der Waals surface area contributed by atoms with Crippen LogP contribution in [0.25, 0.3) is 0 Å². The van der Waals surface area contributed by atoms with E-state index < -0.39 is 6.86 Å². The summed E-state index contributed by atoms with van der Waals surface area (Å²) >= 11 is 3.85. The van der Waals surface area contributed by atoms with Crippen LogP contribution < -0.4 is 4.74 Å². The van der Waals surface area contributed by atoms with E-state index >= 15 is 0 Å². The minimum Gasteiger partial charge on any atom is -0.463 e. The molecule has 5 heteroatoms. The van der Waals surface area contributed by atoms with E-state index in [4.69, 9.17) is 0 Å². The highest BCUT2D eigenvalue weighted by Crippen LogP contribution is 2.24. The van der Waals surface area contributed by atoms with Gasteiger partial charge in [0.1, 0.15) is 11.6 Å². The Labute approximate surface area is 95.8 Å². The molecule has 0 spiro atoms. The molecule has 0 N–H and O–H groups in total. The largest absolute Gasteiger partial charge is 0.463 e. The predicted molar refractivity (Wildman–Crippen MR) is 58.4 cm³/mol. The Bertz CT molecular complexity index is 268. The first kappa shape index (κ1) is 10.4. The minimum atomic E-state index is -0.934. The lowest BCUT2D eigenvalue weighted by Gasteiger charge is -2.03. The number of hydrogen-bond donors (Lipinski definition) is 0. The minimum absolute atomic E-state index is 0.222. The van der Waals surface area contributed by atoms with Crippen molar-refractivity contribution in [1.29, 1.82) is 0 Å². The molecule has 0 heterocycles. The van der Waals surface area contributed by atoms with E-state index in [2.05, 4.69) is 4.74 Å². The standard InChI is InChI=1S/C7H4F2I2O/c8-3-12-4-1-5(9)7(11)6(10)2-4/h1-2H,3H2. The maximum absolute atomic E-state index is 12.9. The van der Waals surface area contributed by atoms with Gasteiger partial charge in [0, 0.05) is 9.64 Å². The van der Waals surface area contributed by atoms with E-state index in [1.165, 1.54) is 6.07 Å². The second kappa shape index (κ2) is 4.54. The molecule has 1 rings (SSSR count). The van der Waals surface area contributed by atoms with Gasteiger partial charge in [-0.05, 0) is 51.2 Å². The Hall–Kier alpha value is 0.340. The molecule has 1 aromatic rings. The quantitative estimate of drug-likeness (QED) is 0.551. The molecular formula is C7H4F2I2O. The molecule has 0 fully saturated rings. The highest BCUT2D eigenvalue weighted by molar-refractivity contribution is 14.1. The van der Waals surface area contributed by atoms with Crippen LogP contribution in [0.2, 0.25) is 0 Å². The summed E-state index contributed by atoms with van der Waals surface area (Å²) < 4.78 is 30.4. The number of halogens is 4. The molecule has 0 saturated carbocycles. The third kappa shape index (κ3) is 2.41. The smallest absolute Gasteiger partial charge is 0.228 e. The fourth-order valence-corrected chi connectivity index (χ4v) is 1.55. The number of alkyl halides is 1. The van der Waals surface area contributed by atoms with Crippen LogP contribution in [0.1, 0.15) is 0 Å². The summed E-state index contributed by atoms with van der Waals surface area (Å²) in [5.74, 6) is -0.161. The molecule has 12 heavy (non-hydrogen) atoms. The van der Waals surface area contributed by atoms with Crippen molar-refractivity contribution < 1.29 is 13.5 Å². The summed E-state index contributed by atoms with van der Waals surface area (Å²) in [4.78, 5) is 0. The second-order valence-electron chi connectivity index (χ2n) is 1.95. The SMILES string of the molecule is FCOc1cc(F)c(I)c(I)c1. The van der Waals surface area contributed by atoms with Gasteiger partial charge in [0.2, 0.25) is 6.86 Å². The van der Waals surface area contributed by atoms with Crippen molar-refractivity contribution in [3.63, 3.8) is 0 Å². The molecule has 0 amide bonds. The molecule has 0 aliphatic rings. The summed E-state index contributed by atoms with van der Waals surface area (Å²) in [5, 5.41) is 0. The first-order chi connectivity index (χ1) is 5.65. The van der Waals surface area contributed by atoms with E-state index in [-0.39, 0.29) is 11.6 Å². The van der Waals surface area contributed by atoms with Gasteiger partial charge in [-0.1, -0.05) is 0 Å². The molecule has 0 saturated heterocycles. The van der Waals surface area contributed by atoms with E-state index in [1.807, 2.05) is 45.2 Å². The van der Waals surface area contributed by atoms with Gasteiger partial charge in [0.15, 0.2) is 0 Å². The number of benzene rings is 1. The van der Waals surface area contributed by atoms with Crippen LogP contribution in [-0.2, 0) is 0 Å². The van der Waals surface area contributed by atoms with Crippen LogP contribution in [0.4, 0.5) is 8.78 Å². The molecule has 1 nitrogen and oxygen atoms in total. The Morgan fingerprint density at radius 2 is 2.00 bits per heavy atom. The van der Waals surface area contributed by atoms with Gasteiger partial charge >= 0.3 is 0 Å². The predicted octanol–water partition coefficient (Wildman–Crippen LogP) is 3.34. The van der Waals surface area contributed by atoms with E-state index in [0.29, 0.717) is 3.57 Å². The van der Waals surface area contributed by atoms with Gasteiger partial charge in [-0.25, -0.2) is 8.78 Å². The zero-order valence-electron chi connectivity index (χ0n) is 5.78. The van der Waals surface area contributed by atoms with Gasteiger partial charge in [-0.2, -0.15) is 0 Å². The molecule has 0 aliphatic carbocycles. The van der Waals surface area contributed by atoms with Gasteiger partial charge in [0.05, 0.1) is 3.57 Å². The number of hydrogen-bond acceptors (Lipinski definition) is 1. The molecular weight excluding hydrogens is 392 g/mol. The summed E-state index contributed by atoms with van der Waals surface area (Å²) in [5.41, 5.74) is 0. The zero-order chi connectivity index (χ0) is 9.14. The van der Waals surface area contributed by atoms with Gasteiger partial charge < -0.3 is 4.74 Å². The fraction of sp³-hybridized carbons (Fsp3) is 0.143. The van der Waals surface area contributed by atoms with Crippen LogP contribution in [-0.4, -0.2) is 6.86 Å². The van der Waals surface area contributed by atoms with Crippen LogP contribution in [0.5, 0.6) is 5.75 Å². The molecule has 0 aliphatic heterocycles. The van der Waals surface area contributed by atoms with Crippen LogP contribution in [0.3, 0.4) is 0 Å². The monoisotopic (exact) mass is 396 g/mol. The van der Waals surface area contributed by atoms with Gasteiger partial charge in [-0.3, -0.25) is 0 Å². The van der Waals surface area contributed by atoms with E-state index in [9.17, 15) is 8.78 Å². The van der Waals surface area contributed by atoms with Crippen molar-refractivity contribution in [2.45, 2.75) is 0 Å². The summed E-state index contributed by atoms with van der Waals surface area (Å²) in [6, 6.07) is 2.76. The van der Waals surface area contributed by atoms with Crippen molar-refractivity contribution in [1.82, 2.24) is 0 Å². The van der Waals surface area contributed by atoms with Crippen molar-refractivity contribution in [2.24, 2.45) is 0 Å². The van der Waals surface area contributed by atoms with Crippen LogP contribution in [0, 0.1) is 13.0 Å². The number of ether oxygens (including phenoxy) is 1. The first-order valence-corrected chi connectivity index (χ1v) is 5.14. The van der Waals surface area contributed by atoms with Crippen LogP contribution in [0.15, 0.2) is 12.1 Å². The van der Waals surface area contributed by atoms with Crippen molar-refractivity contribution in [3.8, 4) is 5.75 Å². The molecule has 0 radical (unpaired) electrons. The number of rotatable bonds is 2. The molecule has 1 aromatic carbocycles. The van der Waals surface area contributed by atoms with E-state index in [0.717, 1.165) is 3.57 Å². The highest BCUT2D eigenvalue weighted by atomic mass is 127. The summed E-state index contributed by atoms with van der Waals surface area (Å²) in [6.07, 6.45) is 0. The average molecular weight is 396 g/mol. The van der Waals surface area contributed by atoms with Crippen molar-refractivity contribution in [3.05, 3.63) is 25.1 Å². The molecule has 0 atom stereocenters. The molecule has 66 valence electrons. The molecule has 0 aromatic heterocycles. The van der Waals surface area contributed by atoms with Crippen molar-refractivity contribution in [2.75, 3.05) is 6.86 Å². The topological polar surface area (TPSA) is 9.23 Å². The third-order valence-corrected chi connectivity index (χ3v) is 4.16. The Morgan fingerprint density at radius 1 is 1.33 bits per heavy atom. The Morgan fingerprint density at radius 3 is 2.50 bits per heavy atom. The zero-order valence-corrected chi connectivity index (χ0v) is 10.1.